The molecule has 0 saturated heterocycles. The van der Waals surface area contributed by atoms with Gasteiger partial charge in [0, 0.05) is 6.42 Å². The van der Waals surface area contributed by atoms with E-state index in [-0.39, 0.29) is 0 Å². The Morgan fingerprint density at radius 1 is 1.44 bits per heavy atom. The molecule has 0 aliphatic rings. The minimum absolute atomic E-state index is 0.442. The van der Waals surface area contributed by atoms with Gasteiger partial charge >= 0.3 is 0 Å². The topological polar surface area (TPSA) is 64.9 Å². The number of nitrogens with zero attached hydrogens (tertiary/aromatic N) is 2. The fraction of sp³-hybridized carbons (Fsp3) is 0.273. The number of aryl methyl sites for hydroxylation is 1. The Morgan fingerprint density at radius 2 is 2.25 bits per heavy atom. The average Bonchev–Trinajstić information content (AvgIpc) is 2.71. The monoisotopic (exact) mass is 237 g/mol. The summed E-state index contributed by atoms with van der Waals surface area (Å²) >= 11 is 6.16. The van der Waals surface area contributed by atoms with Crippen molar-refractivity contribution in [3.63, 3.8) is 0 Å². The highest BCUT2D eigenvalue weighted by Crippen LogP contribution is 2.28. The van der Waals surface area contributed by atoms with Gasteiger partial charge in [0.2, 0.25) is 0 Å². The molecule has 4 nitrogen and oxygen atoms in total. The minimum Gasteiger partial charge on any atom is -0.334 e. The Labute approximate surface area is 98.4 Å². The maximum absolute atomic E-state index is 6.16. The molecule has 1 aromatic heterocycles. The molecule has 2 rings (SSSR count). The molecule has 0 unspecified atom stereocenters. The average molecular weight is 238 g/mol. The Balaban J connectivity index is 2.39. The van der Waals surface area contributed by atoms with Crippen molar-refractivity contribution >= 4 is 11.6 Å². The van der Waals surface area contributed by atoms with E-state index in [4.69, 9.17) is 21.9 Å². The van der Waals surface area contributed by atoms with Crippen LogP contribution in [0, 0.1) is 6.92 Å². The summed E-state index contributed by atoms with van der Waals surface area (Å²) in [5.41, 5.74) is 7.16. The van der Waals surface area contributed by atoms with Crippen LogP contribution in [0.5, 0.6) is 0 Å². The van der Waals surface area contributed by atoms with Gasteiger partial charge in [0.25, 0.3) is 5.89 Å². The number of rotatable bonds is 3. The van der Waals surface area contributed by atoms with Gasteiger partial charge < -0.3 is 10.3 Å². The van der Waals surface area contributed by atoms with Crippen LogP contribution in [0.2, 0.25) is 5.02 Å². The molecular weight excluding hydrogens is 226 g/mol. The van der Waals surface area contributed by atoms with E-state index >= 15 is 0 Å². The fourth-order valence-corrected chi connectivity index (χ4v) is 1.61. The van der Waals surface area contributed by atoms with Crippen LogP contribution in [0.4, 0.5) is 0 Å². The van der Waals surface area contributed by atoms with Gasteiger partial charge in [0.05, 0.1) is 10.6 Å². The van der Waals surface area contributed by atoms with Crippen LogP contribution >= 0.6 is 11.6 Å². The highest BCUT2D eigenvalue weighted by molar-refractivity contribution is 6.33. The minimum atomic E-state index is 0.442. The number of benzene rings is 1. The highest BCUT2D eigenvalue weighted by Gasteiger charge is 2.12. The first kappa shape index (κ1) is 11.1. The second-order valence-electron chi connectivity index (χ2n) is 3.49. The second kappa shape index (κ2) is 4.63. The molecule has 0 saturated carbocycles. The molecule has 0 radical (unpaired) electrons. The Morgan fingerprint density at radius 3 is 3.00 bits per heavy atom. The third-order valence-electron chi connectivity index (χ3n) is 2.26. The zero-order chi connectivity index (χ0) is 11.5. The zero-order valence-corrected chi connectivity index (χ0v) is 9.66. The Hall–Kier alpha value is -1.39. The third kappa shape index (κ3) is 2.08. The standard InChI is InChI=1S/C11H12ClN3O/c1-7-3-2-4-8(10(7)12)11-14-9(5-6-13)15-16-11/h2-4H,5-6,13H2,1H3. The molecule has 0 spiro atoms. The van der Waals surface area contributed by atoms with E-state index in [1.807, 2.05) is 25.1 Å². The van der Waals surface area contributed by atoms with Gasteiger partial charge in [-0.25, -0.2) is 0 Å². The Kier molecular flexibility index (Phi) is 3.22. The summed E-state index contributed by atoms with van der Waals surface area (Å²) in [4.78, 5) is 4.23. The van der Waals surface area contributed by atoms with Gasteiger partial charge in [0.1, 0.15) is 0 Å². The lowest BCUT2D eigenvalue weighted by Gasteiger charge is -2.00. The SMILES string of the molecule is Cc1cccc(-c2nc(CCN)no2)c1Cl. The molecule has 16 heavy (non-hydrogen) atoms. The maximum atomic E-state index is 6.16. The quantitative estimate of drug-likeness (QED) is 0.889. The first-order valence-electron chi connectivity index (χ1n) is 5.00. The van der Waals surface area contributed by atoms with Gasteiger partial charge in [0.15, 0.2) is 5.82 Å². The van der Waals surface area contributed by atoms with Gasteiger partial charge in [-0.05, 0) is 25.1 Å². The van der Waals surface area contributed by atoms with Crippen LogP contribution in [0.25, 0.3) is 11.5 Å². The summed E-state index contributed by atoms with van der Waals surface area (Å²) in [6.45, 7) is 2.43. The molecule has 2 N–H and O–H groups in total. The summed E-state index contributed by atoms with van der Waals surface area (Å²) in [7, 11) is 0. The van der Waals surface area contributed by atoms with E-state index in [0.717, 1.165) is 11.1 Å². The number of halogens is 1. The lowest BCUT2D eigenvalue weighted by molar-refractivity contribution is 0.422. The lowest BCUT2D eigenvalue weighted by Crippen LogP contribution is -2.03. The van der Waals surface area contributed by atoms with E-state index in [1.54, 1.807) is 0 Å². The molecule has 0 amide bonds. The van der Waals surface area contributed by atoms with Crippen LogP contribution in [0.15, 0.2) is 22.7 Å². The molecule has 2 aromatic rings. The summed E-state index contributed by atoms with van der Waals surface area (Å²) in [5, 5.41) is 4.47. The molecule has 1 heterocycles. The summed E-state index contributed by atoms with van der Waals surface area (Å²) in [6.07, 6.45) is 0.604. The molecule has 0 aliphatic carbocycles. The van der Waals surface area contributed by atoms with Crippen LogP contribution < -0.4 is 5.73 Å². The molecule has 0 fully saturated rings. The highest BCUT2D eigenvalue weighted by atomic mass is 35.5. The van der Waals surface area contributed by atoms with E-state index in [1.165, 1.54) is 0 Å². The Bertz CT molecular complexity index is 496. The molecular formula is C11H12ClN3O. The molecule has 5 heteroatoms. The first-order chi connectivity index (χ1) is 7.72. The van der Waals surface area contributed by atoms with Gasteiger partial charge in [-0.15, -0.1) is 0 Å². The number of hydrogen-bond donors (Lipinski definition) is 1. The van der Waals surface area contributed by atoms with Crippen LogP contribution in [-0.4, -0.2) is 16.7 Å². The summed E-state index contributed by atoms with van der Waals surface area (Å²) < 4.78 is 5.14. The van der Waals surface area contributed by atoms with Crippen molar-refractivity contribution in [2.24, 2.45) is 5.73 Å². The molecule has 1 aromatic carbocycles. The lowest BCUT2D eigenvalue weighted by atomic mass is 10.1. The van der Waals surface area contributed by atoms with Crippen molar-refractivity contribution in [2.75, 3.05) is 6.54 Å². The predicted octanol–water partition coefficient (Wildman–Crippen LogP) is 2.20. The van der Waals surface area contributed by atoms with Crippen molar-refractivity contribution in [3.8, 4) is 11.5 Å². The zero-order valence-electron chi connectivity index (χ0n) is 8.90. The maximum Gasteiger partial charge on any atom is 0.259 e. The molecule has 84 valence electrons. The third-order valence-corrected chi connectivity index (χ3v) is 2.76. The number of aromatic nitrogens is 2. The molecule has 0 aliphatic heterocycles. The van der Waals surface area contributed by atoms with E-state index in [0.29, 0.717) is 29.7 Å². The van der Waals surface area contributed by atoms with Crippen LogP contribution in [0.1, 0.15) is 11.4 Å². The largest absolute Gasteiger partial charge is 0.334 e. The van der Waals surface area contributed by atoms with Crippen LogP contribution in [-0.2, 0) is 6.42 Å². The molecule has 0 bridgehead atoms. The van der Waals surface area contributed by atoms with Gasteiger partial charge in [-0.3, -0.25) is 0 Å². The first-order valence-corrected chi connectivity index (χ1v) is 5.38. The second-order valence-corrected chi connectivity index (χ2v) is 3.87. The van der Waals surface area contributed by atoms with Crippen molar-refractivity contribution < 1.29 is 4.52 Å². The van der Waals surface area contributed by atoms with Crippen molar-refractivity contribution in [2.45, 2.75) is 13.3 Å². The van der Waals surface area contributed by atoms with Gasteiger partial charge in [-0.2, -0.15) is 4.98 Å². The number of nitrogens with two attached hydrogens (primary N) is 1. The molecule has 0 atom stereocenters. The van der Waals surface area contributed by atoms with E-state index in [2.05, 4.69) is 10.1 Å². The van der Waals surface area contributed by atoms with E-state index in [9.17, 15) is 0 Å². The summed E-state index contributed by atoms with van der Waals surface area (Å²) in [5.74, 6) is 1.05. The smallest absolute Gasteiger partial charge is 0.259 e. The number of hydrogen-bond acceptors (Lipinski definition) is 4. The predicted molar refractivity (Wildman–Crippen MR) is 62.2 cm³/mol. The normalized spacial score (nSPS) is 10.7. The van der Waals surface area contributed by atoms with Crippen molar-refractivity contribution in [1.29, 1.82) is 0 Å². The fourth-order valence-electron chi connectivity index (χ4n) is 1.41. The van der Waals surface area contributed by atoms with Gasteiger partial charge in [-0.1, -0.05) is 28.9 Å². The van der Waals surface area contributed by atoms with Crippen molar-refractivity contribution in [1.82, 2.24) is 10.1 Å². The van der Waals surface area contributed by atoms with Crippen molar-refractivity contribution in [3.05, 3.63) is 34.6 Å². The van der Waals surface area contributed by atoms with E-state index < -0.39 is 0 Å². The van der Waals surface area contributed by atoms with Crippen LogP contribution in [0.3, 0.4) is 0 Å². The summed E-state index contributed by atoms with van der Waals surface area (Å²) in [6, 6.07) is 5.70.